The van der Waals surface area contributed by atoms with E-state index in [9.17, 15) is 9.59 Å². The van der Waals surface area contributed by atoms with Crippen LogP contribution in [0, 0.1) is 0 Å². The van der Waals surface area contributed by atoms with E-state index in [2.05, 4.69) is 4.98 Å². The molecule has 1 N–H and O–H groups in total. The van der Waals surface area contributed by atoms with E-state index in [-0.39, 0.29) is 16.4 Å². The highest BCUT2D eigenvalue weighted by Crippen LogP contribution is 2.09. The van der Waals surface area contributed by atoms with Gasteiger partial charge in [0, 0.05) is 6.20 Å². The molecule has 3 nitrogen and oxygen atoms in total. The molecule has 0 spiro atoms. The Kier molecular flexibility index (Phi) is 2.10. The fraction of sp³-hybridized carbons (Fsp3) is 0.143. The molecule has 0 saturated heterocycles. The summed E-state index contributed by atoms with van der Waals surface area (Å²) in [5, 5.41) is 0.196. The van der Waals surface area contributed by atoms with Crippen LogP contribution in [0.5, 0.6) is 0 Å². The van der Waals surface area contributed by atoms with Crippen molar-refractivity contribution < 1.29 is 4.79 Å². The molecule has 0 bridgehead atoms. The number of ketones is 1. The first-order valence-electron chi connectivity index (χ1n) is 3.01. The summed E-state index contributed by atoms with van der Waals surface area (Å²) in [6.45, 7) is 1.30. The monoisotopic (exact) mass is 171 g/mol. The number of carbonyl (C=O) groups is 1. The van der Waals surface area contributed by atoms with E-state index in [1.807, 2.05) is 0 Å². The Balaban J connectivity index is 3.45. The number of halogens is 1. The maximum atomic E-state index is 10.9. The Labute approximate surface area is 68.0 Å². The van der Waals surface area contributed by atoms with Gasteiger partial charge in [-0.05, 0) is 13.0 Å². The first-order valence-corrected chi connectivity index (χ1v) is 3.39. The van der Waals surface area contributed by atoms with Gasteiger partial charge in [-0.1, -0.05) is 11.6 Å². The number of aromatic nitrogens is 1. The Morgan fingerprint density at radius 2 is 2.27 bits per heavy atom. The van der Waals surface area contributed by atoms with Crippen LogP contribution in [0.1, 0.15) is 17.3 Å². The Hall–Kier alpha value is -1.09. The predicted octanol–water partition coefficient (Wildman–Crippen LogP) is 1.23. The van der Waals surface area contributed by atoms with E-state index in [0.29, 0.717) is 0 Å². The normalized spacial score (nSPS) is 9.64. The summed E-state index contributed by atoms with van der Waals surface area (Å²) in [5.74, 6) is -0.322. The average molecular weight is 172 g/mol. The second-order valence-electron chi connectivity index (χ2n) is 2.09. The molecule has 0 aliphatic rings. The van der Waals surface area contributed by atoms with Crippen LogP contribution in [0.15, 0.2) is 17.1 Å². The maximum absolute atomic E-state index is 10.9. The Morgan fingerprint density at radius 1 is 1.64 bits per heavy atom. The van der Waals surface area contributed by atoms with Crippen LogP contribution >= 0.6 is 11.6 Å². The summed E-state index contributed by atoms with van der Waals surface area (Å²) in [7, 11) is 0. The lowest BCUT2D eigenvalue weighted by Gasteiger charge is -1.94. The molecule has 4 heteroatoms. The van der Waals surface area contributed by atoms with Crippen molar-refractivity contribution in [3.8, 4) is 0 Å². The van der Waals surface area contributed by atoms with Crippen LogP contribution in [0.4, 0.5) is 0 Å². The lowest BCUT2D eigenvalue weighted by atomic mass is 10.2. The Bertz CT molecular complexity index is 343. The number of aromatic amines is 1. The third kappa shape index (κ3) is 1.49. The van der Waals surface area contributed by atoms with Crippen molar-refractivity contribution >= 4 is 17.4 Å². The molecule has 11 heavy (non-hydrogen) atoms. The van der Waals surface area contributed by atoms with E-state index < -0.39 is 5.56 Å². The van der Waals surface area contributed by atoms with Crippen molar-refractivity contribution in [2.45, 2.75) is 6.92 Å². The van der Waals surface area contributed by atoms with Gasteiger partial charge in [-0.15, -0.1) is 0 Å². The highest BCUT2D eigenvalue weighted by molar-refractivity contribution is 6.33. The number of Topliss-reactive ketones (excluding diaryl/α,β-unsaturated/α-hetero) is 1. The molecule has 1 aromatic heterocycles. The first-order chi connectivity index (χ1) is 5.13. The van der Waals surface area contributed by atoms with Gasteiger partial charge in [-0.25, -0.2) is 0 Å². The van der Waals surface area contributed by atoms with Gasteiger partial charge in [0.25, 0.3) is 5.56 Å². The Morgan fingerprint density at radius 3 is 2.64 bits per heavy atom. The molecule has 0 aromatic carbocycles. The molecular formula is C7H6ClNO2. The highest BCUT2D eigenvalue weighted by atomic mass is 35.5. The van der Waals surface area contributed by atoms with Crippen molar-refractivity contribution in [1.82, 2.24) is 4.98 Å². The van der Waals surface area contributed by atoms with Gasteiger partial charge in [0.1, 0.15) is 5.56 Å². The standard InChI is InChI=1S/C7H6ClNO2/c1-4(10)6-5(8)2-3-9-7(6)11/h2-3H,1H3,(H,9,11). The minimum Gasteiger partial charge on any atom is -0.328 e. The minimum absolute atomic E-state index is 0.0224. The smallest absolute Gasteiger partial charge is 0.260 e. The molecule has 1 aromatic rings. The van der Waals surface area contributed by atoms with Gasteiger partial charge in [0.05, 0.1) is 5.02 Å². The number of hydrogen-bond donors (Lipinski definition) is 1. The van der Waals surface area contributed by atoms with Crippen molar-refractivity contribution in [2.75, 3.05) is 0 Å². The molecule has 0 atom stereocenters. The molecule has 58 valence electrons. The third-order valence-corrected chi connectivity index (χ3v) is 1.58. The molecule has 1 heterocycles. The van der Waals surface area contributed by atoms with Crippen molar-refractivity contribution in [2.24, 2.45) is 0 Å². The summed E-state index contributed by atoms with van der Waals surface area (Å²) in [4.78, 5) is 24.1. The largest absolute Gasteiger partial charge is 0.328 e. The number of carbonyl (C=O) groups excluding carboxylic acids is 1. The molecule has 0 amide bonds. The lowest BCUT2D eigenvalue weighted by molar-refractivity contribution is 0.101. The molecule has 0 unspecified atom stereocenters. The van der Waals surface area contributed by atoms with Gasteiger partial charge in [-0.3, -0.25) is 9.59 Å². The average Bonchev–Trinajstić information content (AvgIpc) is 1.85. The van der Waals surface area contributed by atoms with Crippen LogP contribution in [-0.4, -0.2) is 10.8 Å². The maximum Gasteiger partial charge on any atom is 0.260 e. The summed E-state index contributed by atoms with van der Waals surface area (Å²) in [6.07, 6.45) is 1.40. The third-order valence-electron chi connectivity index (χ3n) is 1.26. The fourth-order valence-corrected chi connectivity index (χ4v) is 1.06. The summed E-state index contributed by atoms with van der Waals surface area (Å²) >= 11 is 5.58. The number of H-pyrrole nitrogens is 1. The SMILES string of the molecule is CC(=O)c1c(Cl)cc[nH]c1=O. The minimum atomic E-state index is -0.440. The topological polar surface area (TPSA) is 49.9 Å². The lowest BCUT2D eigenvalue weighted by Crippen LogP contribution is -2.15. The predicted molar refractivity (Wildman–Crippen MR) is 42.1 cm³/mol. The molecular weight excluding hydrogens is 166 g/mol. The van der Waals surface area contributed by atoms with Crippen molar-refractivity contribution in [3.63, 3.8) is 0 Å². The first kappa shape index (κ1) is 8.01. The zero-order valence-electron chi connectivity index (χ0n) is 5.85. The van der Waals surface area contributed by atoms with E-state index >= 15 is 0 Å². The summed E-state index contributed by atoms with van der Waals surface area (Å²) < 4.78 is 0. The molecule has 1 rings (SSSR count). The van der Waals surface area contributed by atoms with Crippen LogP contribution in [0.25, 0.3) is 0 Å². The van der Waals surface area contributed by atoms with E-state index in [0.717, 1.165) is 0 Å². The van der Waals surface area contributed by atoms with Gasteiger partial charge in [-0.2, -0.15) is 0 Å². The second-order valence-corrected chi connectivity index (χ2v) is 2.49. The van der Waals surface area contributed by atoms with Crippen molar-refractivity contribution in [3.05, 3.63) is 33.2 Å². The van der Waals surface area contributed by atoms with Crippen LogP contribution in [0.2, 0.25) is 5.02 Å². The zero-order chi connectivity index (χ0) is 8.43. The number of pyridine rings is 1. The molecule has 0 aliphatic heterocycles. The zero-order valence-corrected chi connectivity index (χ0v) is 6.61. The van der Waals surface area contributed by atoms with Crippen molar-refractivity contribution in [1.29, 1.82) is 0 Å². The highest BCUT2D eigenvalue weighted by Gasteiger charge is 2.08. The summed E-state index contributed by atoms with van der Waals surface area (Å²) in [6, 6.07) is 1.47. The molecule has 0 saturated carbocycles. The van der Waals surface area contributed by atoms with E-state index in [1.165, 1.54) is 19.2 Å². The van der Waals surface area contributed by atoms with Crippen LogP contribution < -0.4 is 5.56 Å². The quantitative estimate of drug-likeness (QED) is 0.647. The molecule has 0 aliphatic carbocycles. The van der Waals surface area contributed by atoms with Gasteiger partial charge >= 0.3 is 0 Å². The molecule has 0 fully saturated rings. The number of rotatable bonds is 1. The van der Waals surface area contributed by atoms with Gasteiger partial charge in [0.2, 0.25) is 0 Å². The van der Waals surface area contributed by atoms with Gasteiger partial charge < -0.3 is 4.98 Å². The van der Waals surface area contributed by atoms with Crippen LogP contribution in [-0.2, 0) is 0 Å². The van der Waals surface area contributed by atoms with Crippen LogP contribution in [0.3, 0.4) is 0 Å². The summed E-state index contributed by atoms with van der Waals surface area (Å²) in [5.41, 5.74) is -0.417. The van der Waals surface area contributed by atoms with E-state index in [1.54, 1.807) is 0 Å². The van der Waals surface area contributed by atoms with E-state index in [4.69, 9.17) is 11.6 Å². The fourth-order valence-electron chi connectivity index (χ4n) is 0.783. The van der Waals surface area contributed by atoms with Gasteiger partial charge in [0.15, 0.2) is 5.78 Å². The number of nitrogens with one attached hydrogen (secondary N) is 1. The second kappa shape index (κ2) is 2.88. The number of hydrogen-bond acceptors (Lipinski definition) is 2. The molecule has 0 radical (unpaired) electrons.